The second kappa shape index (κ2) is 6.47. The summed E-state index contributed by atoms with van der Waals surface area (Å²) in [5.74, 6) is 7.65. The van der Waals surface area contributed by atoms with Crippen LogP contribution in [0.2, 0.25) is 0 Å². The van der Waals surface area contributed by atoms with Gasteiger partial charge in [-0.3, -0.25) is 11.3 Å². The van der Waals surface area contributed by atoms with Gasteiger partial charge in [0.05, 0.1) is 20.3 Å². The fraction of sp³-hybridized carbons (Fsp3) is 0.538. The highest BCUT2D eigenvalue weighted by Gasteiger charge is 2.20. The molecule has 0 saturated heterocycles. The average molecular weight is 238 g/mol. The summed E-state index contributed by atoms with van der Waals surface area (Å²) in [6.07, 6.45) is 1.05. The predicted molar refractivity (Wildman–Crippen MR) is 69.1 cm³/mol. The Labute approximate surface area is 103 Å². The van der Waals surface area contributed by atoms with Gasteiger partial charge in [-0.1, -0.05) is 26.3 Å². The van der Waals surface area contributed by atoms with Crippen molar-refractivity contribution in [3.63, 3.8) is 0 Å². The molecule has 4 nitrogen and oxygen atoms in total. The highest BCUT2D eigenvalue weighted by Crippen LogP contribution is 2.33. The molecule has 0 amide bonds. The molecule has 17 heavy (non-hydrogen) atoms. The van der Waals surface area contributed by atoms with Gasteiger partial charge in [0.1, 0.15) is 11.5 Å². The molecule has 0 radical (unpaired) electrons. The van der Waals surface area contributed by atoms with E-state index in [9.17, 15) is 0 Å². The summed E-state index contributed by atoms with van der Waals surface area (Å²) in [6.45, 7) is 4.30. The van der Waals surface area contributed by atoms with Gasteiger partial charge in [0, 0.05) is 11.6 Å². The molecule has 96 valence electrons. The first-order valence-corrected chi connectivity index (χ1v) is 5.85. The van der Waals surface area contributed by atoms with Crippen LogP contribution >= 0.6 is 0 Å². The minimum atomic E-state index is 0.0841. The number of ether oxygens (including phenoxy) is 2. The Kier molecular flexibility index (Phi) is 5.25. The number of hydrogen-bond acceptors (Lipinski definition) is 4. The molecule has 1 rings (SSSR count). The number of methoxy groups -OCH3 is 2. The molecule has 0 bridgehead atoms. The molecular formula is C13H22N2O2. The molecule has 2 atom stereocenters. The molecule has 1 aromatic rings. The highest BCUT2D eigenvalue weighted by atomic mass is 16.5. The van der Waals surface area contributed by atoms with E-state index in [4.69, 9.17) is 15.3 Å². The molecule has 0 aliphatic carbocycles. The van der Waals surface area contributed by atoms with Crippen molar-refractivity contribution in [1.29, 1.82) is 0 Å². The molecule has 4 heteroatoms. The topological polar surface area (TPSA) is 56.5 Å². The molecular weight excluding hydrogens is 216 g/mol. The van der Waals surface area contributed by atoms with Crippen LogP contribution in [0.5, 0.6) is 11.5 Å². The molecule has 2 unspecified atom stereocenters. The average Bonchev–Trinajstić information content (AvgIpc) is 2.39. The fourth-order valence-electron chi connectivity index (χ4n) is 1.87. The summed E-state index contributed by atoms with van der Waals surface area (Å²) in [4.78, 5) is 0. The van der Waals surface area contributed by atoms with E-state index < -0.39 is 0 Å². The number of rotatable bonds is 6. The van der Waals surface area contributed by atoms with Crippen LogP contribution in [0.25, 0.3) is 0 Å². The number of benzene rings is 1. The van der Waals surface area contributed by atoms with Gasteiger partial charge in [0.25, 0.3) is 0 Å². The zero-order valence-corrected chi connectivity index (χ0v) is 11.0. The lowest BCUT2D eigenvalue weighted by Crippen LogP contribution is -2.32. The van der Waals surface area contributed by atoms with E-state index in [0.29, 0.717) is 5.92 Å². The third-order valence-electron chi connectivity index (χ3n) is 3.17. The van der Waals surface area contributed by atoms with Gasteiger partial charge in [0.15, 0.2) is 0 Å². The summed E-state index contributed by atoms with van der Waals surface area (Å²) in [5.41, 5.74) is 3.92. The molecule has 0 aliphatic heterocycles. The Balaban J connectivity index is 3.10. The number of hydrazine groups is 1. The molecule has 1 aromatic carbocycles. The Bertz CT molecular complexity index is 355. The first-order chi connectivity index (χ1) is 8.17. The lowest BCUT2D eigenvalue weighted by molar-refractivity contribution is 0.350. The second-order valence-corrected chi connectivity index (χ2v) is 4.14. The Morgan fingerprint density at radius 3 is 2.47 bits per heavy atom. The molecule has 0 saturated carbocycles. The zero-order chi connectivity index (χ0) is 12.8. The summed E-state index contributed by atoms with van der Waals surface area (Å²) in [6, 6.07) is 5.88. The maximum absolute atomic E-state index is 5.64. The SMILES string of the molecule is CCC(C)C(NN)c1ccc(OC)cc1OC. The van der Waals surface area contributed by atoms with Gasteiger partial charge in [-0.05, 0) is 12.0 Å². The Morgan fingerprint density at radius 1 is 1.29 bits per heavy atom. The first kappa shape index (κ1) is 13.8. The van der Waals surface area contributed by atoms with Crippen LogP contribution in [-0.4, -0.2) is 14.2 Å². The minimum absolute atomic E-state index is 0.0841. The molecule has 0 aliphatic rings. The third kappa shape index (κ3) is 3.11. The molecule has 0 aromatic heterocycles. The lowest BCUT2D eigenvalue weighted by Gasteiger charge is -2.24. The van der Waals surface area contributed by atoms with Crippen molar-refractivity contribution in [2.75, 3.05) is 14.2 Å². The standard InChI is InChI=1S/C13H22N2O2/c1-5-9(2)13(15-14)11-7-6-10(16-3)8-12(11)17-4/h6-9,13,15H,5,14H2,1-4H3. The van der Waals surface area contributed by atoms with Gasteiger partial charge in [0.2, 0.25) is 0 Å². The van der Waals surface area contributed by atoms with Crippen LogP contribution in [-0.2, 0) is 0 Å². The number of nitrogens with two attached hydrogens (primary N) is 1. The summed E-state index contributed by atoms with van der Waals surface area (Å²) in [7, 11) is 3.30. The molecule has 0 heterocycles. The summed E-state index contributed by atoms with van der Waals surface area (Å²) >= 11 is 0. The van der Waals surface area contributed by atoms with Crippen LogP contribution in [0, 0.1) is 5.92 Å². The van der Waals surface area contributed by atoms with Crippen LogP contribution in [0.15, 0.2) is 18.2 Å². The quantitative estimate of drug-likeness (QED) is 0.589. The van der Waals surface area contributed by atoms with Gasteiger partial charge in [-0.2, -0.15) is 0 Å². The van der Waals surface area contributed by atoms with Gasteiger partial charge in [-0.15, -0.1) is 0 Å². The first-order valence-electron chi connectivity index (χ1n) is 5.85. The maximum Gasteiger partial charge on any atom is 0.127 e. The van der Waals surface area contributed by atoms with E-state index in [1.807, 2.05) is 18.2 Å². The van der Waals surface area contributed by atoms with Crippen LogP contribution < -0.4 is 20.7 Å². The smallest absolute Gasteiger partial charge is 0.127 e. The van der Waals surface area contributed by atoms with Gasteiger partial charge in [-0.25, -0.2) is 0 Å². The number of hydrogen-bond donors (Lipinski definition) is 2. The van der Waals surface area contributed by atoms with E-state index in [-0.39, 0.29) is 6.04 Å². The molecule has 0 spiro atoms. The monoisotopic (exact) mass is 238 g/mol. The van der Waals surface area contributed by atoms with Gasteiger partial charge >= 0.3 is 0 Å². The number of nitrogens with one attached hydrogen (secondary N) is 1. The van der Waals surface area contributed by atoms with E-state index in [1.54, 1.807) is 14.2 Å². The van der Waals surface area contributed by atoms with Crippen molar-refractivity contribution >= 4 is 0 Å². The fourth-order valence-corrected chi connectivity index (χ4v) is 1.87. The van der Waals surface area contributed by atoms with Crippen molar-refractivity contribution in [3.05, 3.63) is 23.8 Å². The zero-order valence-electron chi connectivity index (χ0n) is 11.0. The molecule has 3 N–H and O–H groups in total. The van der Waals surface area contributed by atoms with E-state index in [1.165, 1.54) is 0 Å². The third-order valence-corrected chi connectivity index (χ3v) is 3.17. The summed E-state index contributed by atoms with van der Waals surface area (Å²) < 4.78 is 10.6. The largest absolute Gasteiger partial charge is 0.497 e. The van der Waals surface area contributed by atoms with Crippen molar-refractivity contribution in [2.24, 2.45) is 11.8 Å². The van der Waals surface area contributed by atoms with Crippen molar-refractivity contribution in [2.45, 2.75) is 26.3 Å². The van der Waals surface area contributed by atoms with Gasteiger partial charge < -0.3 is 9.47 Å². The van der Waals surface area contributed by atoms with E-state index in [2.05, 4.69) is 19.3 Å². The minimum Gasteiger partial charge on any atom is -0.497 e. The van der Waals surface area contributed by atoms with Crippen molar-refractivity contribution in [3.8, 4) is 11.5 Å². The van der Waals surface area contributed by atoms with Crippen LogP contribution in [0.4, 0.5) is 0 Å². The second-order valence-electron chi connectivity index (χ2n) is 4.14. The van der Waals surface area contributed by atoms with Crippen molar-refractivity contribution in [1.82, 2.24) is 5.43 Å². The highest BCUT2D eigenvalue weighted by molar-refractivity contribution is 5.42. The maximum atomic E-state index is 5.64. The van der Waals surface area contributed by atoms with Crippen molar-refractivity contribution < 1.29 is 9.47 Å². The lowest BCUT2D eigenvalue weighted by atomic mass is 9.92. The molecule has 0 fully saturated rings. The van der Waals surface area contributed by atoms with Crippen LogP contribution in [0.3, 0.4) is 0 Å². The Hall–Kier alpha value is -1.26. The summed E-state index contributed by atoms with van der Waals surface area (Å²) in [5, 5.41) is 0. The van der Waals surface area contributed by atoms with E-state index in [0.717, 1.165) is 23.5 Å². The predicted octanol–water partition coefficient (Wildman–Crippen LogP) is 2.25. The van der Waals surface area contributed by atoms with E-state index >= 15 is 0 Å². The Morgan fingerprint density at radius 2 is 2.00 bits per heavy atom. The normalized spacial score (nSPS) is 14.2. The van der Waals surface area contributed by atoms with Crippen LogP contribution in [0.1, 0.15) is 31.9 Å².